The van der Waals surface area contributed by atoms with E-state index in [4.69, 9.17) is 23.2 Å². The summed E-state index contributed by atoms with van der Waals surface area (Å²) in [5.41, 5.74) is 2.91. The summed E-state index contributed by atoms with van der Waals surface area (Å²) in [6.07, 6.45) is 5.38. The number of methoxy groups -OCH3 is 3. The summed E-state index contributed by atoms with van der Waals surface area (Å²) >= 11 is 1.60. The number of nitrogens with one attached hydrogen (secondary N) is 3. The summed E-state index contributed by atoms with van der Waals surface area (Å²) in [6.45, 7) is 1.70. The van der Waals surface area contributed by atoms with Gasteiger partial charge in [-0.2, -0.15) is 16.7 Å². The van der Waals surface area contributed by atoms with Crippen molar-refractivity contribution >= 4 is 29.3 Å². The molecule has 48 heavy (non-hydrogen) atoms. The van der Waals surface area contributed by atoms with Gasteiger partial charge in [-0.05, 0) is 78.3 Å². The molecular formula is C34H39N5O8S. The second-order valence-electron chi connectivity index (χ2n) is 11.1. The number of anilines is 1. The van der Waals surface area contributed by atoms with Crippen LogP contribution in [-0.2, 0) is 22.4 Å². The first-order valence-corrected chi connectivity index (χ1v) is 16.8. The lowest BCUT2D eigenvalue weighted by Gasteiger charge is -2.19. The predicted molar refractivity (Wildman–Crippen MR) is 182 cm³/mol. The standard InChI is InChI=1S/C34H39N5O8S/c1-19(40)36-23-10-8-20-17-28(43-2)31(44-3)32(45-4)30(20)21-9-11-24(26(41)18-22(21)23)37-25(13-16-48-5)34(42)35-14-12-29-38-33(39-47-29)27-7-6-15-46-27/h6-7,9,11,15,17-18,23,25H,8,10,12-14,16H2,1-5H3,(H,35,42)(H,36,40)(H,37,41)/t23-,25-/m0/s1. The summed E-state index contributed by atoms with van der Waals surface area (Å²) in [7, 11) is 4.64. The Balaban J connectivity index is 1.45. The molecule has 254 valence electrons. The maximum atomic E-state index is 13.8. The molecule has 0 aliphatic heterocycles. The molecule has 0 saturated carbocycles. The Kier molecular flexibility index (Phi) is 11.3. The van der Waals surface area contributed by atoms with Gasteiger partial charge in [-0.1, -0.05) is 11.2 Å². The number of aryl methyl sites for hydroxylation is 1. The molecule has 2 aromatic heterocycles. The minimum atomic E-state index is -0.703. The molecule has 0 spiro atoms. The Morgan fingerprint density at radius 2 is 1.92 bits per heavy atom. The molecular weight excluding hydrogens is 638 g/mol. The number of hydrogen-bond donors (Lipinski definition) is 3. The summed E-state index contributed by atoms with van der Waals surface area (Å²) in [5, 5.41) is 13.0. The minimum absolute atomic E-state index is 0.220. The summed E-state index contributed by atoms with van der Waals surface area (Å²) in [6, 6.07) is 9.23. The third-order valence-electron chi connectivity index (χ3n) is 8.02. The third kappa shape index (κ3) is 7.59. The fourth-order valence-corrected chi connectivity index (χ4v) is 6.27. The zero-order valence-corrected chi connectivity index (χ0v) is 28.3. The number of hydrogen-bond acceptors (Lipinski definition) is 12. The first kappa shape index (κ1) is 34.4. The van der Waals surface area contributed by atoms with E-state index in [2.05, 4.69) is 26.1 Å². The Bertz CT molecular complexity index is 1810. The molecule has 2 atom stereocenters. The number of amides is 2. The number of nitrogens with zero attached hydrogens (tertiary/aromatic N) is 2. The Morgan fingerprint density at radius 3 is 2.60 bits per heavy atom. The van der Waals surface area contributed by atoms with E-state index in [0.29, 0.717) is 77.3 Å². The van der Waals surface area contributed by atoms with Crippen molar-refractivity contribution in [3.63, 3.8) is 0 Å². The van der Waals surface area contributed by atoms with Crippen LogP contribution in [0.2, 0.25) is 0 Å². The van der Waals surface area contributed by atoms with E-state index in [1.54, 1.807) is 44.2 Å². The highest BCUT2D eigenvalue weighted by Crippen LogP contribution is 2.50. The first-order chi connectivity index (χ1) is 23.3. The van der Waals surface area contributed by atoms with E-state index < -0.39 is 12.1 Å². The van der Waals surface area contributed by atoms with Crippen molar-refractivity contribution in [2.45, 2.75) is 44.7 Å². The molecule has 13 nitrogen and oxygen atoms in total. The molecule has 2 amide bonds. The van der Waals surface area contributed by atoms with Crippen molar-refractivity contribution in [1.82, 2.24) is 20.8 Å². The smallest absolute Gasteiger partial charge is 0.242 e. The van der Waals surface area contributed by atoms with Crippen LogP contribution in [0, 0.1) is 0 Å². The predicted octanol–water partition coefficient (Wildman–Crippen LogP) is 4.40. The summed E-state index contributed by atoms with van der Waals surface area (Å²) < 4.78 is 27.7. The van der Waals surface area contributed by atoms with Crippen molar-refractivity contribution in [1.29, 1.82) is 0 Å². The average Bonchev–Trinajstić information content (AvgIpc) is 3.73. The number of furan rings is 1. The maximum absolute atomic E-state index is 13.8. The zero-order valence-electron chi connectivity index (χ0n) is 27.5. The molecule has 2 aromatic carbocycles. The molecule has 2 heterocycles. The van der Waals surface area contributed by atoms with Crippen LogP contribution in [0.25, 0.3) is 22.7 Å². The van der Waals surface area contributed by atoms with E-state index >= 15 is 0 Å². The van der Waals surface area contributed by atoms with Gasteiger partial charge in [0, 0.05) is 25.5 Å². The minimum Gasteiger partial charge on any atom is -0.493 e. The van der Waals surface area contributed by atoms with Crippen LogP contribution >= 0.6 is 11.8 Å². The van der Waals surface area contributed by atoms with Gasteiger partial charge in [0.25, 0.3) is 0 Å². The van der Waals surface area contributed by atoms with Gasteiger partial charge in [-0.25, -0.2) is 0 Å². The van der Waals surface area contributed by atoms with Gasteiger partial charge in [-0.3, -0.25) is 14.4 Å². The van der Waals surface area contributed by atoms with Crippen LogP contribution in [0.5, 0.6) is 17.2 Å². The second kappa shape index (κ2) is 15.7. The summed E-state index contributed by atoms with van der Waals surface area (Å²) in [5.74, 6) is 2.75. The quantitative estimate of drug-likeness (QED) is 0.172. The fourth-order valence-electron chi connectivity index (χ4n) is 5.80. The molecule has 4 aromatic rings. The molecule has 0 fully saturated rings. The van der Waals surface area contributed by atoms with Crippen molar-refractivity contribution in [3.8, 4) is 40.0 Å². The van der Waals surface area contributed by atoms with Crippen LogP contribution < -0.4 is 35.6 Å². The monoisotopic (exact) mass is 677 g/mol. The second-order valence-corrected chi connectivity index (χ2v) is 12.1. The number of aromatic nitrogens is 2. The Hall–Kier alpha value is -4.98. The van der Waals surface area contributed by atoms with Gasteiger partial charge in [0.2, 0.25) is 34.7 Å². The van der Waals surface area contributed by atoms with E-state index in [9.17, 15) is 14.4 Å². The number of thioether (sulfide) groups is 1. The lowest BCUT2D eigenvalue weighted by Crippen LogP contribution is -2.41. The van der Waals surface area contributed by atoms with Gasteiger partial charge in [0.1, 0.15) is 6.04 Å². The van der Waals surface area contributed by atoms with Crippen LogP contribution in [0.15, 0.2) is 56.4 Å². The molecule has 5 rings (SSSR count). The molecule has 0 saturated heterocycles. The fraction of sp³-hybridized carbons (Fsp3) is 0.382. The number of ether oxygens (including phenoxy) is 3. The highest BCUT2D eigenvalue weighted by atomic mass is 32.2. The number of fused-ring (bicyclic) bond motifs is 3. The van der Waals surface area contributed by atoms with Gasteiger partial charge in [0.05, 0.1) is 39.3 Å². The zero-order chi connectivity index (χ0) is 34.2. The molecule has 0 radical (unpaired) electrons. The maximum Gasteiger partial charge on any atom is 0.242 e. The molecule has 3 N–H and O–H groups in total. The number of rotatable bonds is 14. The largest absolute Gasteiger partial charge is 0.493 e. The van der Waals surface area contributed by atoms with Crippen molar-refractivity contribution in [2.75, 3.05) is 45.2 Å². The lowest BCUT2D eigenvalue weighted by atomic mass is 9.95. The van der Waals surface area contributed by atoms with E-state index in [0.717, 1.165) is 11.1 Å². The SMILES string of the molecule is COc1cc2c(c(OC)c1OC)-c1ccc(N[C@@H](CCSC)C(=O)NCCc3nc(-c4ccco4)no3)c(=O)cc1[C@@H](NC(C)=O)CC2. The van der Waals surface area contributed by atoms with Gasteiger partial charge in [0.15, 0.2) is 17.3 Å². The van der Waals surface area contributed by atoms with Crippen LogP contribution in [0.4, 0.5) is 5.69 Å². The molecule has 1 aliphatic carbocycles. The van der Waals surface area contributed by atoms with Gasteiger partial charge in [-0.15, -0.1) is 0 Å². The van der Waals surface area contributed by atoms with Crippen molar-refractivity contribution in [3.05, 3.63) is 69.9 Å². The Morgan fingerprint density at radius 1 is 1.10 bits per heavy atom. The van der Waals surface area contributed by atoms with E-state index in [1.165, 1.54) is 26.4 Å². The van der Waals surface area contributed by atoms with Gasteiger partial charge >= 0.3 is 0 Å². The highest BCUT2D eigenvalue weighted by molar-refractivity contribution is 7.98. The summed E-state index contributed by atoms with van der Waals surface area (Å²) in [4.78, 5) is 43.9. The number of carbonyl (C=O) groups is 2. The number of carbonyl (C=O) groups excluding carboxylic acids is 2. The Labute approximate surface area is 282 Å². The first-order valence-electron chi connectivity index (χ1n) is 15.4. The average molecular weight is 678 g/mol. The molecule has 0 unspecified atom stereocenters. The van der Waals surface area contributed by atoms with E-state index in [-0.39, 0.29) is 29.5 Å². The van der Waals surface area contributed by atoms with Crippen LogP contribution in [-0.4, -0.2) is 67.9 Å². The van der Waals surface area contributed by atoms with Crippen LogP contribution in [0.1, 0.15) is 42.8 Å². The van der Waals surface area contributed by atoms with E-state index in [1.807, 2.05) is 18.4 Å². The lowest BCUT2D eigenvalue weighted by molar-refractivity contribution is -0.122. The normalized spacial score (nSPS) is 14.1. The molecule has 1 aliphatic rings. The molecule has 14 heteroatoms. The topological polar surface area (TPSA) is 167 Å². The van der Waals surface area contributed by atoms with Crippen LogP contribution in [0.3, 0.4) is 0 Å². The van der Waals surface area contributed by atoms with Gasteiger partial charge < -0.3 is 39.1 Å². The third-order valence-corrected chi connectivity index (χ3v) is 8.66. The highest BCUT2D eigenvalue weighted by Gasteiger charge is 2.30. The molecule has 0 bridgehead atoms. The van der Waals surface area contributed by atoms with Crippen molar-refractivity contribution in [2.24, 2.45) is 0 Å². The number of benzene rings is 1. The van der Waals surface area contributed by atoms with Crippen molar-refractivity contribution < 1.29 is 32.7 Å².